The molecule has 0 aliphatic rings. The maximum Gasteiger partial charge on any atom is 0.310 e. The first kappa shape index (κ1) is 15.1. The van der Waals surface area contributed by atoms with Crippen LogP contribution in [0.4, 0.5) is 0 Å². The number of ketones is 1. The molecule has 0 fully saturated rings. The Balaban J connectivity index is 0. The molecule has 82 valence electrons. The molecule has 1 N–H and O–H groups in total. The van der Waals surface area contributed by atoms with Gasteiger partial charge in [-0.05, 0) is 13.3 Å². The van der Waals surface area contributed by atoms with E-state index in [-0.39, 0.29) is 18.2 Å². The van der Waals surface area contributed by atoms with Crippen molar-refractivity contribution in [1.29, 1.82) is 0 Å². The Kier molecular flexibility index (Phi) is 10.5. The summed E-state index contributed by atoms with van der Waals surface area (Å²) in [6, 6.07) is 0. The maximum absolute atomic E-state index is 9.98. The molecule has 0 bridgehead atoms. The third-order valence-corrected chi connectivity index (χ3v) is 0.910. The highest BCUT2D eigenvalue weighted by molar-refractivity contribution is 5.93. The van der Waals surface area contributed by atoms with Crippen LogP contribution in [0.1, 0.15) is 33.6 Å². The van der Waals surface area contributed by atoms with Crippen molar-refractivity contribution in [3.05, 3.63) is 0 Å². The Bertz CT molecular complexity index is 185. The molecule has 0 spiro atoms. The van der Waals surface area contributed by atoms with E-state index in [1.54, 1.807) is 0 Å². The topological polar surface area (TPSA) is 80.7 Å². The van der Waals surface area contributed by atoms with Gasteiger partial charge in [0, 0.05) is 6.92 Å². The third-order valence-electron chi connectivity index (χ3n) is 0.910. The summed E-state index contributed by atoms with van der Waals surface area (Å²) in [6.45, 7) is 5.17. The SMILES string of the molecule is CC(=O)CC(=O)O.CCCOC(C)=O. The van der Waals surface area contributed by atoms with Gasteiger partial charge in [-0.2, -0.15) is 0 Å². The second-order valence-corrected chi connectivity index (χ2v) is 2.61. The minimum atomic E-state index is -1.06. The Hall–Kier alpha value is -1.39. The number of Topliss-reactive ketones (excluding diaryl/α,β-unsaturated/α-hetero) is 1. The summed E-state index contributed by atoms with van der Waals surface area (Å²) in [5, 5.41) is 7.86. The molecule has 0 aromatic carbocycles. The van der Waals surface area contributed by atoms with Crippen molar-refractivity contribution >= 4 is 17.7 Å². The quantitative estimate of drug-likeness (QED) is 0.546. The molecule has 0 rings (SSSR count). The van der Waals surface area contributed by atoms with Crippen molar-refractivity contribution in [2.75, 3.05) is 6.61 Å². The number of carbonyl (C=O) groups is 3. The lowest BCUT2D eigenvalue weighted by molar-refractivity contribution is -0.141. The van der Waals surface area contributed by atoms with E-state index < -0.39 is 5.97 Å². The molecular weight excluding hydrogens is 188 g/mol. The lowest BCUT2D eigenvalue weighted by atomic mass is 10.3. The molecule has 0 aromatic rings. The van der Waals surface area contributed by atoms with Crippen LogP contribution in [0.15, 0.2) is 0 Å². The highest BCUT2D eigenvalue weighted by atomic mass is 16.5. The first-order chi connectivity index (χ1) is 6.40. The minimum Gasteiger partial charge on any atom is -0.481 e. The number of carboxylic acids is 1. The van der Waals surface area contributed by atoms with Crippen molar-refractivity contribution < 1.29 is 24.2 Å². The second-order valence-electron chi connectivity index (χ2n) is 2.61. The average Bonchev–Trinajstić information content (AvgIpc) is 1.99. The van der Waals surface area contributed by atoms with Gasteiger partial charge in [0.05, 0.1) is 6.61 Å². The lowest BCUT2D eigenvalue weighted by Gasteiger charge is -1.93. The van der Waals surface area contributed by atoms with Crippen molar-refractivity contribution in [3.63, 3.8) is 0 Å². The summed E-state index contributed by atoms with van der Waals surface area (Å²) in [6.07, 6.45) is 0.541. The second kappa shape index (κ2) is 9.70. The van der Waals surface area contributed by atoms with E-state index in [1.807, 2.05) is 6.92 Å². The van der Waals surface area contributed by atoms with E-state index in [0.717, 1.165) is 6.42 Å². The highest BCUT2D eigenvalue weighted by Gasteiger charge is 1.98. The van der Waals surface area contributed by atoms with Gasteiger partial charge < -0.3 is 9.84 Å². The van der Waals surface area contributed by atoms with E-state index >= 15 is 0 Å². The number of hydrogen-bond donors (Lipinski definition) is 1. The Labute approximate surface area is 83.1 Å². The zero-order valence-electron chi connectivity index (χ0n) is 8.70. The first-order valence-electron chi connectivity index (χ1n) is 4.24. The molecule has 0 unspecified atom stereocenters. The van der Waals surface area contributed by atoms with Crippen LogP contribution in [0, 0.1) is 0 Å². The maximum atomic E-state index is 9.98. The van der Waals surface area contributed by atoms with Gasteiger partial charge in [-0.3, -0.25) is 14.4 Å². The number of hydrogen-bond acceptors (Lipinski definition) is 4. The number of esters is 1. The third kappa shape index (κ3) is 22.4. The average molecular weight is 204 g/mol. The molecule has 0 saturated carbocycles. The normalized spacial score (nSPS) is 8.21. The molecule has 0 amide bonds. The monoisotopic (exact) mass is 204 g/mol. The summed E-state index contributed by atoms with van der Waals surface area (Å²) in [5.74, 6) is -1.57. The van der Waals surface area contributed by atoms with Gasteiger partial charge in [0.25, 0.3) is 0 Å². The summed E-state index contributed by atoms with van der Waals surface area (Å²) < 4.78 is 4.55. The van der Waals surface area contributed by atoms with Crippen molar-refractivity contribution in [3.8, 4) is 0 Å². The van der Waals surface area contributed by atoms with Gasteiger partial charge in [0.15, 0.2) is 0 Å². The smallest absolute Gasteiger partial charge is 0.310 e. The molecule has 5 nitrogen and oxygen atoms in total. The standard InChI is InChI=1S/C5H10O2.C4H6O3/c1-3-4-7-5(2)6;1-3(5)2-4(6)7/h3-4H2,1-2H3;2H2,1H3,(H,6,7). The molecule has 0 atom stereocenters. The van der Waals surface area contributed by atoms with Gasteiger partial charge >= 0.3 is 11.9 Å². The van der Waals surface area contributed by atoms with Gasteiger partial charge in [0.2, 0.25) is 0 Å². The zero-order valence-corrected chi connectivity index (χ0v) is 8.70. The Morgan fingerprint density at radius 2 is 1.71 bits per heavy atom. The molecule has 14 heavy (non-hydrogen) atoms. The lowest BCUT2D eigenvalue weighted by Crippen LogP contribution is -2.00. The van der Waals surface area contributed by atoms with Crippen LogP contribution < -0.4 is 0 Å². The number of rotatable bonds is 4. The summed E-state index contributed by atoms with van der Waals surface area (Å²) in [7, 11) is 0. The molecule has 0 aliphatic carbocycles. The van der Waals surface area contributed by atoms with Crippen LogP contribution >= 0.6 is 0 Å². The van der Waals surface area contributed by atoms with Crippen molar-refractivity contribution in [2.45, 2.75) is 33.6 Å². The van der Waals surface area contributed by atoms with Crippen molar-refractivity contribution in [1.82, 2.24) is 0 Å². The molecule has 0 radical (unpaired) electrons. The minimum absolute atomic E-state index is 0.193. The van der Waals surface area contributed by atoms with E-state index in [4.69, 9.17) is 5.11 Å². The van der Waals surface area contributed by atoms with E-state index in [1.165, 1.54) is 13.8 Å². The van der Waals surface area contributed by atoms with E-state index in [9.17, 15) is 14.4 Å². The van der Waals surface area contributed by atoms with Gasteiger partial charge in [-0.15, -0.1) is 0 Å². The van der Waals surface area contributed by atoms with Crippen LogP contribution in [0.5, 0.6) is 0 Å². The fourth-order valence-electron chi connectivity index (χ4n) is 0.459. The predicted octanol–water partition coefficient (Wildman–Crippen LogP) is 1.01. The Morgan fingerprint density at radius 3 is 1.79 bits per heavy atom. The summed E-state index contributed by atoms with van der Waals surface area (Å²) in [4.78, 5) is 29.4. The number of carboxylic acid groups (broad SMARTS) is 1. The summed E-state index contributed by atoms with van der Waals surface area (Å²) in [5.41, 5.74) is 0. The molecular formula is C9H16O5. The van der Waals surface area contributed by atoms with Gasteiger partial charge in [-0.1, -0.05) is 6.92 Å². The van der Waals surface area contributed by atoms with E-state index in [0.29, 0.717) is 6.61 Å². The molecule has 5 heteroatoms. The fourth-order valence-corrected chi connectivity index (χ4v) is 0.459. The first-order valence-corrected chi connectivity index (χ1v) is 4.24. The van der Waals surface area contributed by atoms with Crippen LogP contribution in [0.25, 0.3) is 0 Å². The van der Waals surface area contributed by atoms with Crippen LogP contribution in [0.3, 0.4) is 0 Å². The van der Waals surface area contributed by atoms with Gasteiger partial charge in [-0.25, -0.2) is 0 Å². The number of carbonyl (C=O) groups excluding carboxylic acids is 2. The Morgan fingerprint density at radius 1 is 1.21 bits per heavy atom. The number of ether oxygens (including phenoxy) is 1. The van der Waals surface area contributed by atoms with Crippen LogP contribution in [-0.4, -0.2) is 29.4 Å². The van der Waals surface area contributed by atoms with Crippen LogP contribution in [-0.2, 0) is 19.1 Å². The fraction of sp³-hybridized carbons (Fsp3) is 0.667. The zero-order chi connectivity index (χ0) is 11.6. The number of aliphatic carboxylic acids is 1. The highest BCUT2D eigenvalue weighted by Crippen LogP contribution is 1.78. The van der Waals surface area contributed by atoms with E-state index in [2.05, 4.69) is 4.74 Å². The molecule has 0 aliphatic heterocycles. The largest absolute Gasteiger partial charge is 0.481 e. The predicted molar refractivity (Wildman–Crippen MR) is 49.9 cm³/mol. The molecule has 0 heterocycles. The molecule has 0 saturated heterocycles. The summed E-state index contributed by atoms with van der Waals surface area (Å²) >= 11 is 0. The molecule has 0 aromatic heterocycles. The van der Waals surface area contributed by atoms with Crippen LogP contribution in [0.2, 0.25) is 0 Å². The van der Waals surface area contributed by atoms with Gasteiger partial charge in [0.1, 0.15) is 12.2 Å². The van der Waals surface area contributed by atoms with Crippen molar-refractivity contribution in [2.24, 2.45) is 0 Å².